The van der Waals surface area contributed by atoms with Crippen LogP contribution in [0.1, 0.15) is 12.5 Å². The minimum Gasteiger partial charge on any atom is -0.466 e. The Hall–Kier alpha value is -5.34. The maximum Gasteiger partial charge on any atom is 0.333 e. The van der Waals surface area contributed by atoms with E-state index >= 15 is 0 Å². The van der Waals surface area contributed by atoms with E-state index in [0.29, 0.717) is 41.1 Å². The summed E-state index contributed by atoms with van der Waals surface area (Å²) in [6, 6.07) is 32.6. The first-order valence-electron chi connectivity index (χ1n) is 14.0. The molecule has 0 fully saturated rings. The predicted octanol–water partition coefficient (Wildman–Crippen LogP) is 8.25. The number of anilines is 3. The number of hydrogen-bond acceptors (Lipinski definition) is 6. The van der Waals surface area contributed by atoms with Crippen LogP contribution in [0.5, 0.6) is 11.5 Å². The van der Waals surface area contributed by atoms with Crippen molar-refractivity contribution >= 4 is 57.6 Å². The van der Waals surface area contributed by atoms with E-state index in [9.17, 15) is 4.79 Å². The summed E-state index contributed by atoms with van der Waals surface area (Å²) < 4.78 is 10.8. The van der Waals surface area contributed by atoms with Crippen molar-refractivity contribution in [3.05, 3.63) is 125 Å². The van der Waals surface area contributed by atoms with Gasteiger partial charge in [0.1, 0.15) is 11.5 Å². The number of carbonyl (C=O) groups is 1. The fourth-order valence-electron chi connectivity index (χ4n) is 4.38. The van der Waals surface area contributed by atoms with Gasteiger partial charge in [-0.25, -0.2) is 4.79 Å². The summed E-state index contributed by atoms with van der Waals surface area (Å²) in [5, 5.41) is 11.9. The maximum absolute atomic E-state index is 11.6. The van der Waals surface area contributed by atoms with E-state index < -0.39 is 0 Å². The third-order valence-corrected chi connectivity index (χ3v) is 6.80. The zero-order valence-electron chi connectivity index (χ0n) is 24.4. The number of benzene rings is 4. The molecule has 0 aliphatic carbocycles. The molecule has 0 saturated carbocycles. The largest absolute Gasteiger partial charge is 0.466 e. The summed E-state index contributed by atoms with van der Waals surface area (Å²) in [7, 11) is 1.37. The minimum atomic E-state index is -0.354. The number of aliphatic imine (C=N–C) groups is 1. The van der Waals surface area contributed by atoms with E-state index in [-0.39, 0.29) is 5.97 Å². The lowest BCUT2D eigenvalue weighted by molar-refractivity contribution is -0.135. The number of nitrogens with one attached hydrogen (secondary N) is 3. The molecule has 222 valence electrons. The molecule has 5 rings (SSSR count). The second-order valence-corrected chi connectivity index (χ2v) is 10.2. The molecular formula is C35H32ClN5O3. The van der Waals surface area contributed by atoms with Crippen LogP contribution in [0.3, 0.4) is 0 Å². The summed E-state index contributed by atoms with van der Waals surface area (Å²) in [6.45, 7) is 2.85. The number of carbonyl (C=O) groups excluding carboxylic acids is 1. The van der Waals surface area contributed by atoms with E-state index in [1.807, 2.05) is 103 Å². The van der Waals surface area contributed by atoms with Gasteiger partial charge in [0.2, 0.25) is 0 Å². The number of esters is 1. The lowest BCUT2D eigenvalue weighted by Crippen LogP contribution is -2.23. The van der Waals surface area contributed by atoms with Gasteiger partial charge in [0.25, 0.3) is 0 Å². The standard InChI is InChI=1S/C35H32ClN5O3/c1-24(34(42)43-2)22-25-8-13-29(14-9-25)44-30-15-11-28(12-16-30)41-35(40-27-6-4-3-5-7-27)39-21-20-38-32-18-19-37-33-23-26(36)10-17-31(32)33/h3-19,22-23H,20-21H2,1-2H3,(H,37,38)(H2,39,40,41)/b24-22+. The van der Waals surface area contributed by atoms with Crippen molar-refractivity contribution in [2.45, 2.75) is 6.92 Å². The van der Waals surface area contributed by atoms with E-state index in [0.717, 1.165) is 33.5 Å². The van der Waals surface area contributed by atoms with E-state index in [1.165, 1.54) is 7.11 Å². The van der Waals surface area contributed by atoms with Crippen molar-refractivity contribution in [1.29, 1.82) is 0 Å². The van der Waals surface area contributed by atoms with Crippen LogP contribution >= 0.6 is 11.6 Å². The molecule has 0 saturated heterocycles. The molecule has 0 unspecified atom stereocenters. The van der Waals surface area contributed by atoms with Crippen LogP contribution in [0.25, 0.3) is 17.0 Å². The Morgan fingerprint density at radius 2 is 1.57 bits per heavy atom. The Morgan fingerprint density at radius 3 is 2.27 bits per heavy atom. The molecule has 0 aliphatic rings. The number of fused-ring (bicyclic) bond motifs is 1. The Labute approximate surface area is 261 Å². The Kier molecular flexibility index (Phi) is 10.1. The van der Waals surface area contributed by atoms with E-state index in [2.05, 4.69) is 20.9 Å². The van der Waals surface area contributed by atoms with Gasteiger partial charge in [-0.15, -0.1) is 0 Å². The molecule has 44 heavy (non-hydrogen) atoms. The van der Waals surface area contributed by atoms with E-state index in [4.69, 9.17) is 26.1 Å². The minimum absolute atomic E-state index is 0.354. The zero-order chi connectivity index (χ0) is 30.7. The second kappa shape index (κ2) is 14.7. The highest BCUT2D eigenvalue weighted by Gasteiger charge is 2.06. The number of methoxy groups -OCH3 is 1. The fourth-order valence-corrected chi connectivity index (χ4v) is 4.55. The van der Waals surface area contributed by atoms with Crippen molar-refractivity contribution in [1.82, 2.24) is 4.98 Å². The highest BCUT2D eigenvalue weighted by Crippen LogP contribution is 2.25. The maximum atomic E-state index is 11.6. The number of aromatic nitrogens is 1. The molecule has 1 aromatic heterocycles. The Balaban J connectivity index is 1.22. The number of rotatable bonds is 10. The molecule has 9 heteroatoms. The summed E-state index contributed by atoms with van der Waals surface area (Å²) in [6.07, 6.45) is 3.54. The quantitative estimate of drug-likeness (QED) is 0.0485. The topological polar surface area (TPSA) is 96.9 Å². The summed E-state index contributed by atoms with van der Waals surface area (Å²) >= 11 is 6.13. The van der Waals surface area contributed by atoms with Crippen LogP contribution in [0.2, 0.25) is 5.02 Å². The molecule has 4 aromatic carbocycles. The van der Waals surface area contributed by atoms with Gasteiger partial charge in [-0.1, -0.05) is 41.9 Å². The smallest absolute Gasteiger partial charge is 0.333 e. The average Bonchev–Trinajstić information content (AvgIpc) is 3.04. The second-order valence-electron chi connectivity index (χ2n) is 9.81. The number of guanidine groups is 1. The van der Waals surface area contributed by atoms with Crippen LogP contribution in [0.15, 0.2) is 120 Å². The Bertz CT molecular complexity index is 1770. The summed E-state index contributed by atoms with van der Waals surface area (Å²) in [4.78, 5) is 20.8. The van der Waals surface area contributed by atoms with Crippen LogP contribution in [-0.2, 0) is 9.53 Å². The van der Waals surface area contributed by atoms with Gasteiger partial charge in [0.05, 0.1) is 19.2 Å². The third-order valence-electron chi connectivity index (χ3n) is 6.56. The normalized spacial score (nSPS) is 11.6. The van der Waals surface area contributed by atoms with Crippen LogP contribution in [0.4, 0.5) is 17.1 Å². The van der Waals surface area contributed by atoms with Gasteiger partial charge < -0.3 is 25.4 Å². The zero-order valence-corrected chi connectivity index (χ0v) is 25.1. The average molecular weight is 606 g/mol. The molecule has 0 amide bonds. The molecule has 5 aromatic rings. The van der Waals surface area contributed by atoms with Crippen molar-refractivity contribution in [2.75, 3.05) is 36.1 Å². The monoisotopic (exact) mass is 605 g/mol. The van der Waals surface area contributed by atoms with Gasteiger partial charge in [-0.05, 0) is 91.4 Å². The molecule has 0 bridgehead atoms. The van der Waals surface area contributed by atoms with Gasteiger partial charge in [-0.2, -0.15) is 0 Å². The molecular weight excluding hydrogens is 574 g/mol. The fraction of sp³-hybridized carbons (Fsp3) is 0.114. The van der Waals surface area contributed by atoms with Crippen LogP contribution in [-0.4, -0.2) is 37.1 Å². The lowest BCUT2D eigenvalue weighted by Gasteiger charge is -2.14. The molecule has 0 aliphatic heterocycles. The van der Waals surface area contributed by atoms with Gasteiger partial charge in [-0.3, -0.25) is 9.98 Å². The van der Waals surface area contributed by atoms with E-state index in [1.54, 1.807) is 19.2 Å². The molecule has 1 heterocycles. The highest BCUT2D eigenvalue weighted by molar-refractivity contribution is 6.31. The van der Waals surface area contributed by atoms with Crippen LogP contribution < -0.4 is 20.7 Å². The number of ether oxygens (including phenoxy) is 2. The molecule has 8 nitrogen and oxygen atoms in total. The first-order valence-corrected chi connectivity index (χ1v) is 14.4. The number of halogens is 1. The van der Waals surface area contributed by atoms with Gasteiger partial charge in [0.15, 0.2) is 5.96 Å². The summed E-state index contributed by atoms with van der Waals surface area (Å²) in [5.41, 5.74) is 4.99. The number of hydrogen-bond donors (Lipinski definition) is 3. The molecule has 0 radical (unpaired) electrons. The van der Waals surface area contributed by atoms with Gasteiger partial charge in [0, 0.05) is 45.8 Å². The van der Waals surface area contributed by atoms with Crippen molar-refractivity contribution in [3.63, 3.8) is 0 Å². The van der Waals surface area contributed by atoms with Crippen molar-refractivity contribution < 1.29 is 14.3 Å². The van der Waals surface area contributed by atoms with Crippen molar-refractivity contribution in [2.24, 2.45) is 4.99 Å². The first kappa shape index (κ1) is 30.1. The van der Waals surface area contributed by atoms with Crippen molar-refractivity contribution in [3.8, 4) is 11.5 Å². The first-order chi connectivity index (χ1) is 21.5. The predicted molar refractivity (Wildman–Crippen MR) is 180 cm³/mol. The molecule has 0 atom stereocenters. The SMILES string of the molecule is COC(=O)/C(C)=C/c1ccc(Oc2ccc(NC(=NCCNc3ccnc4cc(Cl)ccc34)Nc3ccccc3)cc2)cc1. The summed E-state index contributed by atoms with van der Waals surface area (Å²) in [5.74, 6) is 1.63. The third kappa shape index (κ3) is 8.36. The number of nitrogens with zero attached hydrogens (tertiary/aromatic N) is 2. The number of para-hydroxylation sites is 1. The van der Waals surface area contributed by atoms with Gasteiger partial charge >= 0.3 is 5.97 Å². The highest BCUT2D eigenvalue weighted by atomic mass is 35.5. The number of pyridine rings is 1. The molecule has 0 spiro atoms. The Morgan fingerprint density at radius 1 is 0.886 bits per heavy atom. The van der Waals surface area contributed by atoms with Crippen LogP contribution in [0, 0.1) is 0 Å². The lowest BCUT2D eigenvalue weighted by atomic mass is 10.1. The molecule has 3 N–H and O–H groups in total.